The molecule has 98 valence electrons. The summed E-state index contributed by atoms with van der Waals surface area (Å²) in [5.74, 6) is 2.43. The Morgan fingerprint density at radius 2 is 1.12 bits per heavy atom. The van der Waals surface area contributed by atoms with E-state index in [1.165, 1.54) is 19.3 Å². The lowest BCUT2D eigenvalue weighted by Gasteiger charge is -2.58. The first-order chi connectivity index (χ1) is 8.17. The van der Waals surface area contributed by atoms with Gasteiger partial charge in [-0.3, -0.25) is 0 Å². The molecule has 4 rings (SSSR count). The standard InChI is InChI=1S/C13H24O3P/c14-7-17(8-15,9-16)13-4-10-1-11(5-13)3-12(2-10)6-13/h10-12,14-16H,1-9H2/q+1. The van der Waals surface area contributed by atoms with Crippen LogP contribution in [0.5, 0.6) is 0 Å². The highest BCUT2D eigenvalue weighted by Crippen LogP contribution is 2.77. The summed E-state index contributed by atoms with van der Waals surface area (Å²) in [5, 5.41) is 29.4. The molecule has 4 heteroatoms. The van der Waals surface area contributed by atoms with Gasteiger partial charge in [0.25, 0.3) is 0 Å². The molecule has 0 radical (unpaired) electrons. The quantitative estimate of drug-likeness (QED) is 0.675. The fraction of sp³-hybridized carbons (Fsp3) is 1.00. The Kier molecular flexibility index (Phi) is 3.02. The van der Waals surface area contributed by atoms with E-state index in [4.69, 9.17) is 0 Å². The molecule has 0 aliphatic heterocycles. The van der Waals surface area contributed by atoms with Crippen LogP contribution >= 0.6 is 7.26 Å². The molecule has 0 heterocycles. The Morgan fingerprint density at radius 1 is 0.765 bits per heavy atom. The maximum atomic E-state index is 9.77. The zero-order chi connectivity index (χ0) is 12.1. The van der Waals surface area contributed by atoms with Crippen molar-refractivity contribution in [1.29, 1.82) is 0 Å². The van der Waals surface area contributed by atoms with E-state index in [1.807, 2.05) is 0 Å². The third-order valence-corrected chi connectivity index (χ3v) is 10.0. The molecule has 0 spiro atoms. The van der Waals surface area contributed by atoms with Gasteiger partial charge in [0.15, 0.2) is 19.0 Å². The monoisotopic (exact) mass is 259 g/mol. The highest BCUT2D eigenvalue weighted by molar-refractivity contribution is 7.76. The molecule has 0 atom stereocenters. The summed E-state index contributed by atoms with van der Waals surface area (Å²) >= 11 is 0. The van der Waals surface area contributed by atoms with Crippen molar-refractivity contribution in [3.05, 3.63) is 0 Å². The second-order valence-electron chi connectivity index (χ2n) is 6.71. The van der Waals surface area contributed by atoms with Crippen molar-refractivity contribution in [3.8, 4) is 0 Å². The first kappa shape index (κ1) is 12.3. The van der Waals surface area contributed by atoms with Crippen LogP contribution in [0.25, 0.3) is 0 Å². The van der Waals surface area contributed by atoms with Crippen molar-refractivity contribution in [2.24, 2.45) is 17.8 Å². The summed E-state index contributed by atoms with van der Waals surface area (Å²) in [6.07, 6.45) is 7.67. The summed E-state index contributed by atoms with van der Waals surface area (Å²) in [6.45, 7) is 0. The summed E-state index contributed by atoms with van der Waals surface area (Å²) in [4.78, 5) is 0. The average Bonchev–Trinajstić information content (AvgIpc) is 2.29. The SMILES string of the molecule is OC[P+](CO)(CO)C12CC3CC(CC(C3)C1)C2. The van der Waals surface area contributed by atoms with Gasteiger partial charge < -0.3 is 15.3 Å². The molecule has 3 N–H and O–H groups in total. The first-order valence-corrected chi connectivity index (χ1v) is 9.20. The molecule has 4 fully saturated rings. The van der Waals surface area contributed by atoms with E-state index in [0.717, 1.165) is 37.0 Å². The molecular weight excluding hydrogens is 235 g/mol. The second kappa shape index (κ2) is 4.16. The van der Waals surface area contributed by atoms with E-state index < -0.39 is 7.26 Å². The van der Waals surface area contributed by atoms with E-state index in [-0.39, 0.29) is 24.2 Å². The van der Waals surface area contributed by atoms with Crippen molar-refractivity contribution in [2.45, 2.75) is 43.7 Å². The predicted molar refractivity (Wildman–Crippen MR) is 69.1 cm³/mol. The fourth-order valence-corrected chi connectivity index (χ4v) is 8.33. The summed E-state index contributed by atoms with van der Waals surface area (Å²) < 4.78 is 0. The van der Waals surface area contributed by atoms with E-state index >= 15 is 0 Å². The van der Waals surface area contributed by atoms with Gasteiger partial charge in [0.1, 0.15) is 0 Å². The van der Waals surface area contributed by atoms with Gasteiger partial charge in [-0.2, -0.15) is 0 Å². The van der Waals surface area contributed by atoms with Gasteiger partial charge in [0.2, 0.25) is 0 Å². The minimum Gasteiger partial charge on any atom is -0.361 e. The summed E-state index contributed by atoms with van der Waals surface area (Å²) in [5.41, 5.74) is 0. The third kappa shape index (κ3) is 1.63. The van der Waals surface area contributed by atoms with Crippen LogP contribution in [0.3, 0.4) is 0 Å². The van der Waals surface area contributed by atoms with Gasteiger partial charge in [-0.1, -0.05) is 0 Å². The molecule has 4 bridgehead atoms. The topological polar surface area (TPSA) is 60.7 Å². The number of rotatable bonds is 4. The Labute approximate surface area is 104 Å². The van der Waals surface area contributed by atoms with Crippen molar-refractivity contribution in [2.75, 3.05) is 19.0 Å². The highest BCUT2D eigenvalue weighted by atomic mass is 31.2. The van der Waals surface area contributed by atoms with Gasteiger partial charge in [-0.25, -0.2) is 0 Å². The fourth-order valence-electron chi connectivity index (χ4n) is 5.23. The maximum absolute atomic E-state index is 9.77. The molecule has 4 aliphatic rings. The highest BCUT2D eigenvalue weighted by Gasteiger charge is 2.65. The number of aliphatic hydroxyl groups is 3. The average molecular weight is 259 g/mol. The van der Waals surface area contributed by atoms with Gasteiger partial charge in [-0.05, 0) is 56.3 Å². The van der Waals surface area contributed by atoms with E-state index in [9.17, 15) is 15.3 Å². The maximum Gasteiger partial charge on any atom is 0.159 e. The molecule has 0 aromatic carbocycles. The molecule has 0 aromatic heterocycles. The van der Waals surface area contributed by atoms with Crippen LogP contribution in [0.2, 0.25) is 0 Å². The molecule has 4 saturated carbocycles. The van der Waals surface area contributed by atoms with Gasteiger partial charge in [0.05, 0.1) is 12.4 Å². The van der Waals surface area contributed by atoms with Crippen molar-refractivity contribution in [1.82, 2.24) is 0 Å². The largest absolute Gasteiger partial charge is 0.361 e. The minimum absolute atomic E-state index is 0.0339. The minimum atomic E-state index is -1.97. The Morgan fingerprint density at radius 3 is 1.41 bits per heavy atom. The predicted octanol–water partition coefficient (Wildman–Crippen LogP) is 1.82. The number of aliphatic hydroxyl groups excluding tert-OH is 3. The Bertz CT molecular complexity index is 257. The first-order valence-electron chi connectivity index (χ1n) is 6.86. The van der Waals surface area contributed by atoms with Crippen molar-refractivity contribution in [3.63, 3.8) is 0 Å². The van der Waals surface area contributed by atoms with Crippen LogP contribution in [0.1, 0.15) is 38.5 Å². The lowest BCUT2D eigenvalue weighted by atomic mass is 9.56. The van der Waals surface area contributed by atoms with Crippen LogP contribution in [0, 0.1) is 17.8 Å². The Balaban J connectivity index is 1.95. The lowest BCUT2D eigenvalue weighted by Crippen LogP contribution is -2.53. The summed E-state index contributed by atoms with van der Waals surface area (Å²) in [6, 6.07) is 0. The van der Waals surface area contributed by atoms with E-state index in [0.29, 0.717) is 0 Å². The molecule has 17 heavy (non-hydrogen) atoms. The molecular formula is C13H24O3P+. The molecule has 0 amide bonds. The van der Waals surface area contributed by atoms with Crippen LogP contribution in [-0.4, -0.2) is 39.5 Å². The van der Waals surface area contributed by atoms with Crippen LogP contribution in [0.4, 0.5) is 0 Å². The molecule has 3 nitrogen and oxygen atoms in total. The molecule has 0 aromatic rings. The number of hydrogen-bond donors (Lipinski definition) is 3. The van der Waals surface area contributed by atoms with Crippen LogP contribution in [-0.2, 0) is 0 Å². The summed E-state index contributed by atoms with van der Waals surface area (Å²) in [7, 11) is -1.97. The van der Waals surface area contributed by atoms with Gasteiger partial charge >= 0.3 is 0 Å². The zero-order valence-corrected chi connectivity index (χ0v) is 11.3. The van der Waals surface area contributed by atoms with Crippen molar-refractivity contribution >= 4 is 7.26 Å². The Hall–Kier alpha value is 0.310. The van der Waals surface area contributed by atoms with Crippen LogP contribution < -0.4 is 0 Å². The lowest BCUT2D eigenvalue weighted by molar-refractivity contribution is 0.0310. The molecule has 4 aliphatic carbocycles. The van der Waals surface area contributed by atoms with Gasteiger partial charge in [-0.15, -0.1) is 0 Å². The molecule has 0 saturated heterocycles. The van der Waals surface area contributed by atoms with Crippen molar-refractivity contribution < 1.29 is 15.3 Å². The normalized spacial score (nSPS) is 44.3. The van der Waals surface area contributed by atoms with Gasteiger partial charge in [0, 0.05) is 0 Å². The number of hydrogen-bond acceptors (Lipinski definition) is 3. The van der Waals surface area contributed by atoms with Crippen LogP contribution in [0.15, 0.2) is 0 Å². The third-order valence-electron chi connectivity index (χ3n) is 5.82. The molecule has 0 unspecified atom stereocenters. The van der Waals surface area contributed by atoms with E-state index in [1.54, 1.807) is 0 Å². The second-order valence-corrected chi connectivity index (χ2v) is 10.8. The smallest absolute Gasteiger partial charge is 0.159 e. The van der Waals surface area contributed by atoms with E-state index in [2.05, 4.69) is 0 Å². The zero-order valence-electron chi connectivity index (χ0n) is 10.4.